The van der Waals surface area contributed by atoms with Gasteiger partial charge in [-0.1, -0.05) is 13.8 Å². The first-order valence-electron chi connectivity index (χ1n) is 4.29. The van der Waals surface area contributed by atoms with Gasteiger partial charge in [-0.15, -0.1) is 11.6 Å². The first-order valence-corrected chi connectivity index (χ1v) is 4.83. The maximum atomic E-state index is 5.61. The van der Waals surface area contributed by atoms with Crippen LogP contribution in [0.1, 0.15) is 19.4 Å². The summed E-state index contributed by atoms with van der Waals surface area (Å²) < 4.78 is 1.98. The van der Waals surface area contributed by atoms with E-state index in [2.05, 4.69) is 25.1 Å². The van der Waals surface area contributed by atoms with Crippen molar-refractivity contribution in [1.29, 1.82) is 0 Å². The number of hydrogen-bond donors (Lipinski definition) is 0. The van der Waals surface area contributed by atoms with Crippen molar-refractivity contribution in [3.8, 4) is 0 Å². The van der Waals surface area contributed by atoms with Gasteiger partial charge in [-0.3, -0.25) is 4.68 Å². The van der Waals surface area contributed by atoms with Gasteiger partial charge in [0.1, 0.15) is 0 Å². The fourth-order valence-corrected chi connectivity index (χ4v) is 1.34. The molecule has 1 aromatic heterocycles. The lowest BCUT2D eigenvalue weighted by Crippen LogP contribution is -2.04. The molecule has 0 atom stereocenters. The molecule has 68 valence electrons. The molecule has 0 aliphatic rings. The fraction of sp³-hybridized carbons (Fsp3) is 0.667. The van der Waals surface area contributed by atoms with Crippen molar-refractivity contribution in [2.75, 3.05) is 5.88 Å². The van der Waals surface area contributed by atoms with Crippen molar-refractivity contribution in [2.45, 2.75) is 26.8 Å². The molecule has 0 N–H and O–H groups in total. The van der Waals surface area contributed by atoms with Gasteiger partial charge in [0.2, 0.25) is 0 Å². The van der Waals surface area contributed by atoms with Gasteiger partial charge in [0.15, 0.2) is 0 Å². The zero-order valence-corrected chi connectivity index (χ0v) is 8.38. The second-order valence-corrected chi connectivity index (χ2v) is 3.78. The fourth-order valence-electron chi connectivity index (χ4n) is 1.12. The topological polar surface area (TPSA) is 17.8 Å². The third-order valence-corrected chi connectivity index (χ3v) is 1.81. The third kappa shape index (κ3) is 2.86. The first kappa shape index (κ1) is 9.59. The van der Waals surface area contributed by atoms with Gasteiger partial charge in [-0.05, 0) is 17.9 Å². The Labute approximate surface area is 78.5 Å². The molecule has 2 nitrogen and oxygen atoms in total. The second-order valence-electron chi connectivity index (χ2n) is 3.40. The molecule has 0 aromatic carbocycles. The van der Waals surface area contributed by atoms with Gasteiger partial charge in [-0.25, -0.2) is 0 Å². The zero-order chi connectivity index (χ0) is 8.97. The smallest absolute Gasteiger partial charge is 0.0522 e. The minimum atomic E-state index is 0.647. The summed E-state index contributed by atoms with van der Waals surface area (Å²) in [5.41, 5.74) is 1.23. The highest BCUT2D eigenvalue weighted by Gasteiger charge is 1.99. The van der Waals surface area contributed by atoms with Crippen LogP contribution in [0.25, 0.3) is 0 Å². The van der Waals surface area contributed by atoms with Crippen LogP contribution in [-0.4, -0.2) is 15.7 Å². The van der Waals surface area contributed by atoms with Crippen LogP contribution in [0.4, 0.5) is 0 Å². The molecule has 0 bridgehead atoms. The Morgan fingerprint density at radius 2 is 2.33 bits per heavy atom. The quantitative estimate of drug-likeness (QED) is 0.660. The maximum Gasteiger partial charge on any atom is 0.0522 e. The Morgan fingerprint density at radius 1 is 1.58 bits per heavy atom. The van der Waals surface area contributed by atoms with Gasteiger partial charge >= 0.3 is 0 Å². The summed E-state index contributed by atoms with van der Waals surface area (Å²) in [6.07, 6.45) is 4.88. The van der Waals surface area contributed by atoms with E-state index in [-0.39, 0.29) is 0 Å². The second kappa shape index (κ2) is 4.51. The summed E-state index contributed by atoms with van der Waals surface area (Å²) in [6.45, 7) is 5.36. The van der Waals surface area contributed by atoms with Crippen molar-refractivity contribution >= 4 is 11.6 Å². The monoisotopic (exact) mass is 186 g/mol. The van der Waals surface area contributed by atoms with Gasteiger partial charge in [-0.2, -0.15) is 5.10 Å². The molecule has 0 amide bonds. The Morgan fingerprint density at radius 3 is 2.92 bits per heavy atom. The van der Waals surface area contributed by atoms with E-state index in [9.17, 15) is 0 Å². The largest absolute Gasteiger partial charge is 0.272 e. The van der Waals surface area contributed by atoms with E-state index in [1.807, 2.05) is 10.9 Å². The number of nitrogens with zero attached hydrogens (tertiary/aromatic N) is 2. The molecule has 1 aromatic rings. The Bertz CT molecular complexity index is 230. The Balaban J connectivity index is 2.52. The van der Waals surface area contributed by atoms with E-state index in [0.29, 0.717) is 11.8 Å². The predicted molar refractivity (Wildman–Crippen MR) is 51.5 cm³/mol. The molecule has 0 saturated carbocycles. The van der Waals surface area contributed by atoms with Crippen LogP contribution in [0.3, 0.4) is 0 Å². The van der Waals surface area contributed by atoms with Crippen molar-refractivity contribution in [3.63, 3.8) is 0 Å². The summed E-state index contributed by atoms with van der Waals surface area (Å²) in [6, 6.07) is 0. The van der Waals surface area contributed by atoms with Gasteiger partial charge in [0.05, 0.1) is 6.20 Å². The Hall–Kier alpha value is -0.500. The molecular formula is C9H15ClN2. The summed E-state index contributed by atoms with van der Waals surface area (Å²) in [5, 5.41) is 4.23. The third-order valence-electron chi connectivity index (χ3n) is 1.62. The highest BCUT2D eigenvalue weighted by molar-refractivity contribution is 6.17. The lowest BCUT2D eigenvalue weighted by atomic mass is 10.2. The molecule has 12 heavy (non-hydrogen) atoms. The van der Waals surface area contributed by atoms with E-state index < -0.39 is 0 Å². The van der Waals surface area contributed by atoms with Crippen molar-refractivity contribution in [3.05, 3.63) is 18.0 Å². The van der Waals surface area contributed by atoms with Gasteiger partial charge < -0.3 is 0 Å². The van der Waals surface area contributed by atoms with Crippen LogP contribution in [0.5, 0.6) is 0 Å². The molecule has 1 rings (SSSR count). The molecule has 0 aliphatic carbocycles. The molecule has 0 saturated heterocycles. The van der Waals surface area contributed by atoms with E-state index in [1.54, 1.807) is 0 Å². The SMILES string of the molecule is CC(C)Cn1cc(CCCl)cn1. The molecule has 0 aliphatic heterocycles. The highest BCUT2D eigenvalue weighted by atomic mass is 35.5. The molecule has 1 heterocycles. The van der Waals surface area contributed by atoms with Crippen molar-refractivity contribution in [1.82, 2.24) is 9.78 Å². The lowest BCUT2D eigenvalue weighted by Gasteiger charge is -2.03. The Kier molecular flexibility index (Phi) is 3.60. The predicted octanol–water partition coefficient (Wildman–Crippen LogP) is 2.32. The first-order chi connectivity index (χ1) is 5.72. The average Bonchev–Trinajstić information content (AvgIpc) is 2.36. The van der Waals surface area contributed by atoms with E-state index in [0.717, 1.165) is 13.0 Å². The summed E-state index contributed by atoms with van der Waals surface area (Å²) in [4.78, 5) is 0. The maximum absolute atomic E-state index is 5.61. The molecule has 3 heteroatoms. The van der Waals surface area contributed by atoms with Crippen LogP contribution in [-0.2, 0) is 13.0 Å². The average molecular weight is 187 g/mol. The molecule has 0 spiro atoms. The number of rotatable bonds is 4. The number of halogens is 1. The molecular weight excluding hydrogens is 172 g/mol. The van der Waals surface area contributed by atoms with E-state index in [1.165, 1.54) is 5.56 Å². The number of hydrogen-bond acceptors (Lipinski definition) is 1. The van der Waals surface area contributed by atoms with Crippen molar-refractivity contribution < 1.29 is 0 Å². The molecule has 0 radical (unpaired) electrons. The molecule has 0 unspecified atom stereocenters. The van der Waals surface area contributed by atoms with E-state index in [4.69, 9.17) is 11.6 Å². The normalized spacial score (nSPS) is 11.0. The standard InChI is InChI=1S/C9H15ClN2/c1-8(2)6-12-7-9(3-4-10)5-11-12/h5,7-8H,3-4,6H2,1-2H3. The van der Waals surface area contributed by atoms with Gasteiger partial charge in [0.25, 0.3) is 0 Å². The van der Waals surface area contributed by atoms with Gasteiger partial charge in [0, 0.05) is 18.6 Å². The minimum absolute atomic E-state index is 0.647. The highest BCUT2D eigenvalue weighted by Crippen LogP contribution is 2.03. The van der Waals surface area contributed by atoms with Crippen LogP contribution in [0.15, 0.2) is 12.4 Å². The van der Waals surface area contributed by atoms with Crippen LogP contribution >= 0.6 is 11.6 Å². The van der Waals surface area contributed by atoms with Crippen LogP contribution in [0, 0.1) is 5.92 Å². The summed E-state index contributed by atoms with van der Waals surface area (Å²) >= 11 is 5.61. The van der Waals surface area contributed by atoms with Crippen LogP contribution in [0.2, 0.25) is 0 Å². The zero-order valence-electron chi connectivity index (χ0n) is 7.63. The number of alkyl halides is 1. The van der Waals surface area contributed by atoms with E-state index >= 15 is 0 Å². The summed E-state index contributed by atoms with van der Waals surface area (Å²) in [7, 11) is 0. The number of aromatic nitrogens is 2. The summed E-state index contributed by atoms with van der Waals surface area (Å²) in [5.74, 6) is 1.32. The lowest BCUT2D eigenvalue weighted by molar-refractivity contribution is 0.483. The minimum Gasteiger partial charge on any atom is -0.272 e. The molecule has 0 fully saturated rings. The number of aryl methyl sites for hydroxylation is 1. The van der Waals surface area contributed by atoms with Crippen molar-refractivity contribution in [2.24, 2.45) is 5.92 Å². The van der Waals surface area contributed by atoms with Crippen LogP contribution < -0.4 is 0 Å².